The fourth-order valence-corrected chi connectivity index (χ4v) is 9.58. The second-order valence-electron chi connectivity index (χ2n) is 15.0. The second kappa shape index (κ2) is 12.3. The van der Waals surface area contributed by atoms with E-state index in [1.165, 1.54) is 44.5 Å². The number of nitriles is 1. The van der Waals surface area contributed by atoms with Gasteiger partial charge in [-0.1, -0.05) is 152 Å². The molecule has 2 aliphatic rings. The molecule has 0 fully saturated rings. The summed E-state index contributed by atoms with van der Waals surface area (Å²) in [6.45, 7) is 0. The van der Waals surface area contributed by atoms with Gasteiger partial charge < -0.3 is 4.42 Å². The summed E-state index contributed by atoms with van der Waals surface area (Å²) in [6, 6.07) is 65.5. The summed E-state index contributed by atoms with van der Waals surface area (Å²) in [7, 11) is 0. The molecule has 1 atom stereocenters. The highest BCUT2D eigenvalue weighted by molar-refractivity contribution is 6.20. The third-order valence-electron chi connectivity index (χ3n) is 12.0. The van der Waals surface area contributed by atoms with Crippen LogP contribution in [0.2, 0.25) is 0 Å². The Morgan fingerprint density at radius 3 is 1.64 bits per heavy atom. The molecule has 268 valence electrons. The standard InChI is InChI=1S/C53H30N4O/c54-31-32-22-24-33(25-23-32)37-18-11-21-45-48(37)49-46(58-45)29-28-43-47(49)40-17-8-10-20-42(40)53(43)41-19-9-7-16-38(41)39-27-26-36(30-44(39)53)52-56-50(34-12-3-1-4-13-34)55-51(57-52)35-14-5-2-6-15-35/h1-30H. The van der Waals surface area contributed by atoms with Crippen molar-refractivity contribution >= 4 is 21.9 Å². The molecule has 0 saturated heterocycles. The zero-order valence-corrected chi connectivity index (χ0v) is 31.0. The van der Waals surface area contributed by atoms with Crippen LogP contribution in [-0.2, 0) is 5.41 Å². The normalized spacial score (nSPS) is 14.6. The molecule has 5 nitrogen and oxygen atoms in total. The van der Waals surface area contributed by atoms with E-state index < -0.39 is 5.41 Å². The molecule has 0 N–H and O–H groups in total. The summed E-state index contributed by atoms with van der Waals surface area (Å²) >= 11 is 0. The molecule has 0 radical (unpaired) electrons. The van der Waals surface area contributed by atoms with Gasteiger partial charge in [0.1, 0.15) is 11.2 Å². The number of benzene rings is 8. The van der Waals surface area contributed by atoms with Crippen molar-refractivity contribution in [2.45, 2.75) is 5.41 Å². The van der Waals surface area contributed by atoms with Gasteiger partial charge in [-0.3, -0.25) is 0 Å². The fraction of sp³-hybridized carbons (Fsp3) is 0.0189. The van der Waals surface area contributed by atoms with E-state index in [-0.39, 0.29) is 0 Å². The van der Waals surface area contributed by atoms with E-state index in [4.69, 9.17) is 19.4 Å². The second-order valence-corrected chi connectivity index (χ2v) is 15.0. The Balaban J connectivity index is 1.15. The van der Waals surface area contributed by atoms with Gasteiger partial charge >= 0.3 is 0 Å². The molecule has 0 amide bonds. The van der Waals surface area contributed by atoms with Crippen molar-refractivity contribution in [2.24, 2.45) is 0 Å². The maximum absolute atomic E-state index is 9.54. The minimum absolute atomic E-state index is 0.618. The highest BCUT2D eigenvalue weighted by Crippen LogP contribution is 2.64. The number of fused-ring (bicyclic) bond motifs is 14. The van der Waals surface area contributed by atoms with Crippen LogP contribution in [0.25, 0.3) is 89.5 Å². The average Bonchev–Trinajstić information content (AvgIpc) is 3.93. The maximum atomic E-state index is 9.54. The summed E-state index contributed by atoms with van der Waals surface area (Å²) in [5, 5.41) is 11.7. The lowest BCUT2D eigenvalue weighted by Gasteiger charge is -2.30. The van der Waals surface area contributed by atoms with Gasteiger partial charge in [-0.25, -0.2) is 15.0 Å². The molecule has 0 bridgehead atoms. The molecule has 1 spiro atoms. The van der Waals surface area contributed by atoms with Crippen molar-refractivity contribution in [3.63, 3.8) is 0 Å². The van der Waals surface area contributed by atoms with Crippen LogP contribution in [0.15, 0.2) is 186 Å². The number of rotatable bonds is 4. The lowest BCUT2D eigenvalue weighted by molar-refractivity contribution is 0.668. The molecular formula is C53H30N4O. The number of aromatic nitrogens is 3. The maximum Gasteiger partial charge on any atom is 0.164 e. The SMILES string of the molecule is N#Cc1ccc(-c2cccc3oc4ccc5c(c4c23)-c2ccccc2C52c3ccccc3-c3ccc(-c4nc(-c5ccccc5)nc(-c5ccccc5)n4)cc32)cc1. The van der Waals surface area contributed by atoms with Crippen LogP contribution in [0.4, 0.5) is 0 Å². The van der Waals surface area contributed by atoms with Crippen LogP contribution in [0, 0.1) is 11.3 Å². The fourth-order valence-electron chi connectivity index (χ4n) is 9.58. The Labute approximate surface area is 334 Å². The quantitative estimate of drug-likeness (QED) is 0.180. The Hall–Kier alpha value is -7.94. The number of nitrogens with zero attached hydrogens (tertiary/aromatic N) is 4. The molecule has 0 saturated carbocycles. The van der Waals surface area contributed by atoms with E-state index >= 15 is 0 Å². The molecule has 8 aromatic carbocycles. The van der Waals surface area contributed by atoms with Crippen molar-refractivity contribution in [1.29, 1.82) is 5.26 Å². The minimum Gasteiger partial charge on any atom is -0.456 e. The third kappa shape index (κ3) is 4.48. The van der Waals surface area contributed by atoms with E-state index in [0.717, 1.165) is 49.8 Å². The molecular weight excluding hydrogens is 709 g/mol. The first kappa shape index (κ1) is 32.3. The Bertz CT molecular complexity index is 3290. The van der Waals surface area contributed by atoms with Gasteiger partial charge in [-0.2, -0.15) is 5.26 Å². The highest BCUT2D eigenvalue weighted by Gasteiger charge is 2.52. The van der Waals surface area contributed by atoms with E-state index in [0.29, 0.717) is 23.0 Å². The molecule has 1 unspecified atom stereocenters. The van der Waals surface area contributed by atoms with Gasteiger partial charge in [0.25, 0.3) is 0 Å². The van der Waals surface area contributed by atoms with Crippen molar-refractivity contribution < 1.29 is 4.42 Å². The van der Waals surface area contributed by atoms with Crippen molar-refractivity contribution in [2.75, 3.05) is 0 Å². The smallest absolute Gasteiger partial charge is 0.164 e. The molecule has 0 aliphatic heterocycles. The largest absolute Gasteiger partial charge is 0.456 e. The van der Waals surface area contributed by atoms with Crippen LogP contribution < -0.4 is 0 Å². The van der Waals surface area contributed by atoms with Gasteiger partial charge in [0.15, 0.2) is 17.5 Å². The van der Waals surface area contributed by atoms with Crippen LogP contribution in [0.5, 0.6) is 0 Å². The zero-order valence-electron chi connectivity index (χ0n) is 31.0. The molecule has 2 heterocycles. The summed E-state index contributed by atoms with van der Waals surface area (Å²) in [5.41, 5.74) is 16.2. The molecule has 2 aliphatic carbocycles. The summed E-state index contributed by atoms with van der Waals surface area (Å²) in [4.78, 5) is 15.3. The Morgan fingerprint density at radius 2 is 0.948 bits per heavy atom. The van der Waals surface area contributed by atoms with Gasteiger partial charge in [-0.15, -0.1) is 0 Å². The summed E-state index contributed by atoms with van der Waals surface area (Å²) < 4.78 is 6.69. The van der Waals surface area contributed by atoms with Crippen LogP contribution >= 0.6 is 0 Å². The zero-order chi connectivity index (χ0) is 38.4. The first-order chi connectivity index (χ1) is 28.7. The Morgan fingerprint density at radius 1 is 0.397 bits per heavy atom. The van der Waals surface area contributed by atoms with E-state index in [9.17, 15) is 5.26 Å². The lowest BCUT2D eigenvalue weighted by atomic mass is 9.70. The topological polar surface area (TPSA) is 75.6 Å². The van der Waals surface area contributed by atoms with Crippen molar-refractivity contribution in [3.8, 4) is 73.6 Å². The van der Waals surface area contributed by atoms with Crippen molar-refractivity contribution in [3.05, 3.63) is 210 Å². The minimum atomic E-state index is -0.618. The molecule has 2 aromatic heterocycles. The monoisotopic (exact) mass is 738 g/mol. The average molecular weight is 739 g/mol. The third-order valence-corrected chi connectivity index (χ3v) is 12.0. The number of furan rings is 1. The van der Waals surface area contributed by atoms with Gasteiger partial charge in [-0.05, 0) is 86.0 Å². The molecule has 5 heteroatoms. The lowest BCUT2D eigenvalue weighted by Crippen LogP contribution is -2.25. The predicted molar refractivity (Wildman–Crippen MR) is 230 cm³/mol. The predicted octanol–water partition coefficient (Wildman–Crippen LogP) is 12.7. The van der Waals surface area contributed by atoms with Crippen LogP contribution in [-0.4, -0.2) is 15.0 Å². The van der Waals surface area contributed by atoms with Gasteiger partial charge in [0.05, 0.1) is 17.0 Å². The summed E-state index contributed by atoms with van der Waals surface area (Å²) in [5.74, 6) is 1.88. The first-order valence-electron chi connectivity index (χ1n) is 19.4. The molecule has 10 aromatic rings. The van der Waals surface area contributed by atoms with E-state index in [1.54, 1.807) is 0 Å². The highest BCUT2D eigenvalue weighted by atomic mass is 16.3. The summed E-state index contributed by atoms with van der Waals surface area (Å²) in [6.07, 6.45) is 0. The number of hydrogen-bond acceptors (Lipinski definition) is 5. The molecule has 58 heavy (non-hydrogen) atoms. The van der Waals surface area contributed by atoms with Gasteiger partial charge in [0, 0.05) is 27.5 Å². The van der Waals surface area contributed by atoms with Crippen molar-refractivity contribution in [1.82, 2.24) is 15.0 Å². The van der Waals surface area contributed by atoms with Crippen LogP contribution in [0.1, 0.15) is 27.8 Å². The first-order valence-corrected chi connectivity index (χ1v) is 19.4. The van der Waals surface area contributed by atoms with E-state index in [1.807, 2.05) is 91.0 Å². The number of hydrogen-bond donors (Lipinski definition) is 0. The Kier molecular flexibility index (Phi) is 6.84. The van der Waals surface area contributed by atoms with Crippen LogP contribution in [0.3, 0.4) is 0 Å². The molecule has 12 rings (SSSR count). The van der Waals surface area contributed by atoms with Gasteiger partial charge in [0.2, 0.25) is 0 Å². The van der Waals surface area contributed by atoms with E-state index in [2.05, 4.69) is 97.1 Å².